The van der Waals surface area contributed by atoms with E-state index in [-0.39, 0.29) is 11.2 Å². The van der Waals surface area contributed by atoms with Gasteiger partial charge in [0.15, 0.2) is 0 Å². The zero-order valence-corrected chi connectivity index (χ0v) is 13.5. The van der Waals surface area contributed by atoms with Crippen molar-refractivity contribution in [2.45, 2.75) is 38.5 Å². The van der Waals surface area contributed by atoms with Crippen LogP contribution in [0.4, 0.5) is 0 Å². The fourth-order valence-corrected chi connectivity index (χ4v) is 4.32. The number of nitrogens with one attached hydrogen (secondary N) is 1. The Kier molecular flexibility index (Phi) is 7.13. The van der Waals surface area contributed by atoms with E-state index >= 15 is 0 Å². The van der Waals surface area contributed by atoms with Crippen LogP contribution < -0.4 is 4.72 Å². The van der Waals surface area contributed by atoms with Crippen molar-refractivity contribution in [2.24, 2.45) is 5.41 Å². The van der Waals surface area contributed by atoms with Crippen molar-refractivity contribution in [1.82, 2.24) is 4.72 Å². The molecular formula is C12H24BrNO3S. The van der Waals surface area contributed by atoms with Crippen LogP contribution in [0.5, 0.6) is 0 Å². The quantitative estimate of drug-likeness (QED) is 0.544. The molecule has 0 heterocycles. The Hall–Kier alpha value is 0.350. The molecule has 1 N–H and O–H groups in total. The van der Waals surface area contributed by atoms with E-state index in [9.17, 15) is 8.42 Å². The number of ether oxygens (including phenoxy) is 1. The van der Waals surface area contributed by atoms with Gasteiger partial charge in [0.2, 0.25) is 10.0 Å². The van der Waals surface area contributed by atoms with E-state index in [0.717, 1.165) is 18.2 Å². The van der Waals surface area contributed by atoms with Crippen molar-refractivity contribution in [2.75, 3.05) is 31.3 Å². The first-order valence-corrected chi connectivity index (χ1v) is 9.33. The molecule has 18 heavy (non-hydrogen) atoms. The third-order valence-corrected chi connectivity index (χ3v) is 6.23. The molecule has 0 amide bonds. The van der Waals surface area contributed by atoms with Gasteiger partial charge in [-0.2, -0.15) is 0 Å². The standard InChI is InChI=1S/C12H24BrNO3S/c1-17-8-5-9-18(15,16)14-11-12(10-13)6-3-2-4-7-12/h14H,2-11H2,1H3. The molecule has 0 unspecified atom stereocenters. The van der Waals surface area contributed by atoms with E-state index in [1.54, 1.807) is 7.11 Å². The number of hydrogen-bond donors (Lipinski definition) is 1. The third-order valence-electron chi connectivity index (χ3n) is 3.63. The van der Waals surface area contributed by atoms with Crippen molar-refractivity contribution in [3.8, 4) is 0 Å². The maximum atomic E-state index is 11.8. The second-order valence-electron chi connectivity index (χ2n) is 5.18. The lowest BCUT2D eigenvalue weighted by atomic mass is 9.76. The summed E-state index contributed by atoms with van der Waals surface area (Å²) < 4.78 is 31.3. The van der Waals surface area contributed by atoms with Crippen LogP contribution >= 0.6 is 15.9 Å². The summed E-state index contributed by atoms with van der Waals surface area (Å²) in [5.41, 5.74) is 0.118. The fraction of sp³-hybridized carbons (Fsp3) is 1.00. The number of rotatable bonds is 8. The molecular weight excluding hydrogens is 318 g/mol. The number of halogens is 1. The van der Waals surface area contributed by atoms with Crippen LogP contribution in [0.3, 0.4) is 0 Å². The van der Waals surface area contributed by atoms with Crippen LogP contribution in [0.15, 0.2) is 0 Å². The third kappa shape index (κ3) is 5.55. The molecule has 0 radical (unpaired) electrons. The summed E-state index contributed by atoms with van der Waals surface area (Å²) in [6.07, 6.45) is 6.45. The highest BCUT2D eigenvalue weighted by Crippen LogP contribution is 2.37. The summed E-state index contributed by atoms with van der Waals surface area (Å²) in [7, 11) is -1.57. The molecule has 1 saturated carbocycles. The van der Waals surface area contributed by atoms with Crippen molar-refractivity contribution in [1.29, 1.82) is 0 Å². The van der Waals surface area contributed by atoms with Crippen molar-refractivity contribution in [3.63, 3.8) is 0 Å². The van der Waals surface area contributed by atoms with E-state index in [1.165, 1.54) is 19.3 Å². The van der Waals surface area contributed by atoms with Gasteiger partial charge in [0.25, 0.3) is 0 Å². The minimum atomic E-state index is -3.15. The predicted molar refractivity (Wildman–Crippen MR) is 77.6 cm³/mol. The van der Waals surface area contributed by atoms with Crippen molar-refractivity contribution >= 4 is 26.0 Å². The average molecular weight is 342 g/mol. The van der Waals surface area contributed by atoms with Gasteiger partial charge in [0.1, 0.15) is 0 Å². The van der Waals surface area contributed by atoms with E-state index in [1.807, 2.05) is 0 Å². The molecule has 108 valence electrons. The Morgan fingerprint density at radius 3 is 2.50 bits per heavy atom. The highest BCUT2D eigenvalue weighted by molar-refractivity contribution is 9.09. The van der Waals surface area contributed by atoms with E-state index in [2.05, 4.69) is 20.7 Å². The highest BCUT2D eigenvalue weighted by atomic mass is 79.9. The predicted octanol–water partition coefficient (Wildman–Crippen LogP) is 2.29. The Morgan fingerprint density at radius 1 is 1.28 bits per heavy atom. The largest absolute Gasteiger partial charge is 0.385 e. The molecule has 0 aromatic carbocycles. The molecule has 0 aliphatic heterocycles. The minimum Gasteiger partial charge on any atom is -0.385 e. The Morgan fingerprint density at radius 2 is 1.94 bits per heavy atom. The zero-order valence-electron chi connectivity index (χ0n) is 11.1. The maximum absolute atomic E-state index is 11.8. The molecule has 0 spiro atoms. The molecule has 0 saturated heterocycles. The van der Waals surface area contributed by atoms with Crippen LogP contribution in [0.1, 0.15) is 38.5 Å². The average Bonchev–Trinajstić information content (AvgIpc) is 2.38. The van der Waals surface area contributed by atoms with Gasteiger partial charge in [-0.1, -0.05) is 35.2 Å². The van der Waals surface area contributed by atoms with Gasteiger partial charge in [-0.05, 0) is 24.7 Å². The monoisotopic (exact) mass is 341 g/mol. The highest BCUT2D eigenvalue weighted by Gasteiger charge is 2.31. The number of alkyl halides is 1. The van der Waals surface area contributed by atoms with Crippen molar-refractivity contribution in [3.05, 3.63) is 0 Å². The first kappa shape index (κ1) is 16.4. The first-order chi connectivity index (χ1) is 8.54. The molecule has 4 nitrogen and oxygen atoms in total. The van der Waals surface area contributed by atoms with Gasteiger partial charge in [0.05, 0.1) is 5.75 Å². The van der Waals surface area contributed by atoms with Crippen LogP contribution in [0, 0.1) is 5.41 Å². The number of hydrogen-bond acceptors (Lipinski definition) is 3. The normalized spacial score (nSPS) is 19.9. The lowest BCUT2D eigenvalue weighted by Gasteiger charge is -2.35. The molecule has 1 fully saturated rings. The van der Waals surface area contributed by atoms with Gasteiger partial charge in [0, 0.05) is 25.6 Å². The SMILES string of the molecule is COCCCS(=O)(=O)NCC1(CBr)CCCCC1. The molecule has 1 aliphatic rings. The van der Waals surface area contributed by atoms with E-state index in [4.69, 9.17) is 4.74 Å². The summed E-state index contributed by atoms with van der Waals surface area (Å²) in [5.74, 6) is 0.152. The summed E-state index contributed by atoms with van der Waals surface area (Å²) >= 11 is 3.54. The lowest BCUT2D eigenvalue weighted by molar-refractivity contribution is 0.199. The number of methoxy groups -OCH3 is 1. The molecule has 0 bridgehead atoms. The van der Waals surface area contributed by atoms with Gasteiger partial charge in [-0.15, -0.1) is 0 Å². The van der Waals surface area contributed by atoms with Crippen LogP contribution in [0.25, 0.3) is 0 Å². The molecule has 0 atom stereocenters. The molecule has 0 aromatic rings. The Bertz CT molecular complexity index is 326. The Balaban J connectivity index is 2.41. The summed E-state index contributed by atoms with van der Waals surface area (Å²) in [4.78, 5) is 0. The first-order valence-electron chi connectivity index (χ1n) is 6.56. The lowest BCUT2D eigenvalue weighted by Crippen LogP contribution is -2.41. The maximum Gasteiger partial charge on any atom is 0.211 e. The fourth-order valence-electron chi connectivity index (χ4n) is 2.39. The van der Waals surface area contributed by atoms with Crippen LogP contribution in [0.2, 0.25) is 0 Å². The zero-order chi connectivity index (χ0) is 13.5. The molecule has 1 aliphatic carbocycles. The van der Waals surface area contributed by atoms with Crippen LogP contribution in [-0.4, -0.2) is 39.8 Å². The van der Waals surface area contributed by atoms with Gasteiger partial charge < -0.3 is 4.74 Å². The summed E-state index contributed by atoms with van der Waals surface area (Å²) in [6, 6.07) is 0. The van der Waals surface area contributed by atoms with Gasteiger partial charge in [-0.3, -0.25) is 0 Å². The summed E-state index contributed by atoms with van der Waals surface area (Å²) in [6.45, 7) is 1.05. The minimum absolute atomic E-state index is 0.118. The molecule has 1 rings (SSSR count). The van der Waals surface area contributed by atoms with E-state index < -0.39 is 10.0 Å². The van der Waals surface area contributed by atoms with Gasteiger partial charge in [-0.25, -0.2) is 13.1 Å². The van der Waals surface area contributed by atoms with Crippen LogP contribution in [-0.2, 0) is 14.8 Å². The van der Waals surface area contributed by atoms with Crippen molar-refractivity contribution < 1.29 is 13.2 Å². The van der Waals surface area contributed by atoms with Gasteiger partial charge >= 0.3 is 0 Å². The topological polar surface area (TPSA) is 55.4 Å². The van der Waals surface area contributed by atoms with E-state index in [0.29, 0.717) is 19.6 Å². The smallest absolute Gasteiger partial charge is 0.211 e. The number of sulfonamides is 1. The summed E-state index contributed by atoms with van der Waals surface area (Å²) in [5, 5.41) is 0.876. The second kappa shape index (κ2) is 7.82. The Labute approximate surface area is 119 Å². The molecule has 6 heteroatoms. The second-order valence-corrected chi connectivity index (χ2v) is 7.67. The molecule has 0 aromatic heterocycles.